The number of hydrogen-bond donors (Lipinski definition) is 2. The van der Waals surface area contributed by atoms with E-state index in [2.05, 4.69) is 15.5 Å². The molecule has 3 rings (SSSR count). The molecule has 6 nitrogen and oxygen atoms in total. The normalized spacial score (nSPS) is 15.3. The predicted octanol–water partition coefficient (Wildman–Crippen LogP) is 2.97. The van der Waals surface area contributed by atoms with Crippen molar-refractivity contribution in [3.8, 4) is 11.4 Å². The summed E-state index contributed by atoms with van der Waals surface area (Å²) in [4.78, 5) is 12.0. The molecule has 0 unspecified atom stereocenters. The van der Waals surface area contributed by atoms with E-state index in [0.717, 1.165) is 0 Å². The Bertz CT molecular complexity index is 762. The zero-order valence-electron chi connectivity index (χ0n) is 13.0. The number of nitrogens with zero attached hydrogens (tertiary/aromatic N) is 3. The smallest absolute Gasteiger partial charge is 0.230 e. The van der Waals surface area contributed by atoms with Crippen molar-refractivity contribution in [2.24, 2.45) is 5.92 Å². The topological polar surface area (TPSA) is 85.8 Å². The highest BCUT2D eigenvalue weighted by atomic mass is 35.5. The molecular weight excluding hydrogens is 369 g/mol. The number of hydrogen-bond acceptors (Lipinski definition) is 5. The molecule has 0 saturated heterocycles. The summed E-state index contributed by atoms with van der Waals surface area (Å²) in [6.07, 6.45) is 2.38. The molecule has 24 heavy (non-hydrogen) atoms. The van der Waals surface area contributed by atoms with Gasteiger partial charge in [-0.15, -0.1) is 10.2 Å². The van der Waals surface area contributed by atoms with Crippen molar-refractivity contribution in [2.75, 3.05) is 11.6 Å². The fourth-order valence-corrected chi connectivity index (χ4v) is 3.41. The lowest BCUT2D eigenvalue weighted by atomic mass is 10.2. The van der Waals surface area contributed by atoms with Gasteiger partial charge in [-0.25, -0.2) is 4.68 Å². The first-order chi connectivity index (χ1) is 11.5. The second-order valence-corrected chi connectivity index (χ2v) is 7.57. The lowest BCUT2D eigenvalue weighted by Crippen LogP contribution is -2.35. The molecule has 0 spiro atoms. The van der Waals surface area contributed by atoms with Crippen LogP contribution in [0.4, 0.5) is 0 Å². The second-order valence-electron chi connectivity index (χ2n) is 5.78. The third-order valence-electron chi connectivity index (χ3n) is 3.88. The Morgan fingerprint density at radius 2 is 2.21 bits per heavy atom. The van der Waals surface area contributed by atoms with Crippen molar-refractivity contribution in [3.05, 3.63) is 28.2 Å². The Balaban J connectivity index is 1.66. The molecule has 1 aliphatic carbocycles. The van der Waals surface area contributed by atoms with Gasteiger partial charge in [-0.05, 0) is 43.9 Å². The average molecular weight is 386 g/mol. The zero-order chi connectivity index (χ0) is 17.3. The average Bonchev–Trinajstić information content (AvgIpc) is 3.33. The lowest BCUT2D eigenvalue weighted by Gasteiger charge is -2.12. The lowest BCUT2D eigenvalue weighted by molar-refractivity contribution is -0.119. The molecule has 2 aromatic rings. The third kappa shape index (κ3) is 3.96. The van der Waals surface area contributed by atoms with Crippen molar-refractivity contribution in [2.45, 2.75) is 31.0 Å². The van der Waals surface area contributed by atoms with Gasteiger partial charge in [0, 0.05) is 16.6 Å². The Hall–Kier alpha value is -1.44. The van der Waals surface area contributed by atoms with Gasteiger partial charge in [0.2, 0.25) is 11.1 Å². The molecule has 0 radical (unpaired) electrons. The van der Waals surface area contributed by atoms with Gasteiger partial charge in [-0.3, -0.25) is 4.79 Å². The fourth-order valence-electron chi connectivity index (χ4n) is 2.37. The quantitative estimate of drug-likeness (QED) is 0.589. The van der Waals surface area contributed by atoms with Crippen LogP contribution < -0.4 is 11.2 Å². The Kier molecular flexibility index (Phi) is 5.22. The van der Waals surface area contributed by atoms with Crippen molar-refractivity contribution < 1.29 is 4.79 Å². The minimum atomic E-state index is -0.0373. The van der Waals surface area contributed by atoms with E-state index in [1.54, 1.807) is 18.2 Å². The largest absolute Gasteiger partial charge is 0.353 e. The minimum absolute atomic E-state index is 0.0373. The van der Waals surface area contributed by atoms with Gasteiger partial charge >= 0.3 is 0 Å². The van der Waals surface area contributed by atoms with Gasteiger partial charge in [0.1, 0.15) is 0 Å². The molecule has 1 aliphatic rings. The Morgan fingerprint density at radius 1 is 1.46 bits per heavy atom. The molecule has 0 aliphatic heterocycles. The number of nitrogen functional groups attached to an aromatic ring is 1. The highest BCUT2D eigenvalue weighted by Gasteiger charge is 2.28. The van der Waals surface area contributed by atoms with Crippen LogP contribution in [-0.2, 0) is 4.79 Å². The van der Waals surface area contributed by atoms with Crippen LogP contribution in [0.15, 0.2) is 23.4 Å². The van der Waals surface area contributed by atoms with E-state index in [1.165, 1.54) is 29.3 Å². The van der Waals surface area contributed by atoms with Gasteiger partial charge < -0.3 is 11.2 Å². The number of amides is 1. The Morgan fingerprint density at radius 3 is 2.92 bits per heavy atom. The van der Waals surface area contributed by atoms with E-state index in [4.69, 9.17) is 29.0 Å². The third-order valence-corrected chi connectivity index (χ3v) is 5.39. The molecule has 1 aromatic heterocycles. The summed E-state index contributed by atoms with van der Waals surface area (Å²) in [5.41, 5.74) is 0.595. The zero-order valence-corrected chi connectivity index (χ0v) is 15.3. The van der Waals surface area contributed by atoms with E-state index in [-0.39, 0.29) is 17.7 Å². The Labute approximate surface area is 154 Å². The summed E-state index contributed by atoms with van der Waals surface area (Å²) in [5, 5.41) is 12.5. The summed E-state index contributed by atoms with van der Waals surface area (Å²) >= 11 is 13.4. The van der Waals surface area contributed by atoms with Crippen LogP contribution in [0.3, 0.4) is 0 Å². The van der Waals surface area contributed by atoms with Crippen molar-refractivity contribution in [1.82, 2.24) is 20.2 Å². The van der Waals surface area contributed by atoms with Crippen molar-refractivity contribution in [1.29, 1.82) is 0 Å². The van der Waals surface area contributed by atoms with Gasteiger partial charge in [0.25, 0.3) is 0 Å². The molecule has 3 N–H and O–H groups in total. The van der Waals surface area contributed by atoms with E-state index < -0.39 is 0 Å². The summed E-state index contributed by atoms with van der Waals surface area (Å²) in [7, 11) is 0. The standard InChI is InChI=1S/C15H17Cl2N5OS/c1-8(9-2-3-9)19-13(23)7-24-15-21-20-14(22(15)18)11-6-10(16)4-5-12(11)17/h4-6,8-9H,2-3,7,18H2,1H3,(H,19,23)/t8-/m0/s1. The number of thioether (sulfide) groups is 1. The summed E-state index contributed by atoms with van der Waals surface area (Å²) in [5.74, 6) is 7.25. The van der Waals surface area contributed by atoms with Gasteiger partial charge in [-0.1, -0.05) is 35.0 Å². The fraction of sp³-hybridized carbons (Fsp3) is 0.400. The molecule has 1 aromatic carbocycles. The first kappa shape index (κ1) is 17.4. The summed E-state index contributed by atoms with van der Waals surface area (Å²) in [6, 6.07) is 5.25. The number of nitrogens with one attached hydrogen (secondary N) is 1. The van der Waals surface area contributed by atoms with E-state index in [1.807, 2.05) is 6.92 Å². The number of benzene rings is 1. The second kappa shape index (κ2) is 7.21. The van der Waals surface area contributed by atoms with Crippen LogP contribution in [0, 0.1) is 5.92 Å². The van der Waals surface area contributed by atoms with E-state index in [9.17, 15) is 4.79 Å². The van der Waals surface area contributed by atoms with E-state index in [0.29, 0.717) is 32.5 Å². The maximum absolute atomic E-state index is 12.0. The highest BCUT2D eigenvalue weighted by molar-refractivity contribution is 7.99. The molecule has 1 atom stereocenters. The van der Waals surface area contributed by atoms with Crippen LogP contribution in [0.5, 0.6) is 0 Å². The molecule has 128 valence electrons. The number of aromatic nitrogens is 3. The maximum atomic E-state index is 12.0. The van der Waals surface area contributed by atoms with E-state index >= 15 is 0 Å². The van der Waals surface area contributed by atoms with Crippen molar-refractivity contribution >= 4 is 40.9 Å². The van der Waals surface area contributed by atoms with Crippen LogP contribution in [0.25, 0.3) is 11.4 Å². The number of nitrogens with two attached hydrogens (primary N) is 1. The van der Waals surface area contributed by atoms with Crippen LogP contribution in [0.1, 0.15) is 19.8 Å². The predicted molar refractivity (Wildman–Crippen MR) is 96.7 cm³/mol. The van der Waals surface area contributed by atoms with Gasteiger partial charge in [0.15, 0.2) is 5.82 Å². The maximum Gasteiger partial charge on any atom is 0.230 e. The van der Waals surface area contributed by atoms with Gasteiger partial charge in [-0.2, -0.15) is 0 Å². The molecule has 1 amide bonds. The molecule has 0 bridgehead atoms. The highest BCUT2D eigenvalue weighted by Crippen LogP contribution is 2.32. The molecule has 1 fully saturated rings. The molecular formula is C15H17Cl2N5OS. The summed E-state index contributed by atoms with van der Waals surface area (Å²) in [6.45, 7) is 2.03. The first-order valence-corrected chi connectivity index (χ1v) is 9.28. The van der Waals surface area contributed by atoms with Crippen LogP contribution in [-0.4, -0.2) is 32.6 Å². The number of carbonyl (C=O) groups excluding carboxylic acids is 1. The number of rotatable bonds is 6. The number of carbonyl (C=O) groups is 1. The molecule has 9 heteroatoms. The minimum Gasteiger partial charge on any atom is -0.353 e. The first-order valence-electron chi connectivity index (χ1n) is 7.53. The van der Waals surface area contributed by atoms with Crippen molar-refractivity contribution in [3.63, 3.8) is 0 Å². The molecule has 1 heterocycles. The van der Waals surface area contributed by atoms with Crippen LogP contribution in [0.2, 0.25) is 10.0 Å². The summed E-state index contributed by atoms with van der Waals surface area (Å²) < 4.78 is 1.32. The SMILES string of the molecule is C[C@H](NC(=O)CSc1nnc(-c2cc(Cl)ccc2Cl)n1N)C1CC1. The number of halogens is 2. The van der Waals surface area contributed by atoms with Crippen LogP contribution >= 0.6 is 35.0 Å². The monoisotopic (exact) mass is 385 g/mol. The molecule has 1 saturated carbocycles. The van der Waals surface area contributed by atoms with Gasteiger partial charge in [0.05, 0.1) is 10.8 Å².